The number of amides is 1. The van der Waals surface area contributed by atoms with Gasteiger partial charge in [-0.3, -0.25) is 10.2 Å². The molecular formula is C10H14BrN3OS. The molecule has 2 rings (SSSR count). The number of hydrogen-bond donors (Lipinski definition) is 2. The Hall–Kier alpha value is -0.460. The maximum Gasteiger partial charge on any atom is 0.245 e. The molecule has 0 aliphatic heterocycles. The Morgan fingerprint density at radius 2 is 2.25 bits per heavy atom. The first kappa shape index (κ1) is 12.0. The van der Waals surface area contributed by atoms with Crippen molar-refractivity contribution in [2.45, 2.75) is 31.1 Å². The molecule has 1 fully saturated rings. The van der Waals surface area contributed by atoms with E-state index in [1.54, 1.807) is 18.4 Å². The standard InChI is InChI=1S/C10H14BrN3OS/c1-12-14-8(15)10(4-2-3-5-10)7-6-13-9(11)16-7/h6,12H,2-5H2,1H3,(H,14,15). The predicted octanol–water partition coefficient (Wildman–Crippen LogP) is 1.97. The number of thiazole rings is 1. The van der Waals surface area contributed by atoms with Crippen molar-refractivity contribution in [3.63, 3.8) is 0 Å². The van der Waals surface area contributed by atoms with E-state index in [1.165, 1.54) is 0 Å². The molecule has 1 saturated carbocycles. The lowest BCUT2D eigenvalue weighted by atomic mass is 9.84. The molecule has 0 unspecified atom stereocenters. The van der Waals surface area contributed by atoms with E-state index in [0.717, 1.165) is 34.5 Å². The number of halogens is 1. The van der Waals surface area contributed by atoms with Crippen molar-refractivity contribution in [3.8, 4) is 0 Å². The molecule has 1 aliphatic carbocycles. The average Bonchev–Trinajstić information content (AvgIpc) is 2.86. The summed E-state index contributed by atoms with van der Waals surface area (Å²) in [6.07, 6.45) is 5.85. The van der Waals surface area contributed by atoms with E-state index in [-0.39, 0.29) is 11.3 Å². The molecule has 1 aromatic heterocycles. The minimum Gasteiger partial charge on any atom is -0.291 e. The lowest BCUT2D eigenvalue weighted by molar-refractivity contribution is -0.127. The van der Waals surface area contributed by atoms with Crippen LogP contribution >= 0.6 is 27.3 Å². The van der Waals surface area contributed by atoms with E-state index in [4.69, 9.17) is 0 Å². The smallest absolute Gasteiger partial charge is 0.245 e. The van der Waals surface area contributed by atoms with Crippen molar-refractivity contribution in [2.24, 2.45) is 0 Å². The van der Waals surface area contributed by atoms with E-state index >= 15 is 0 Å². The first-order chi connectivity index (χ1) is 7.69. The second kappa shape index (κ2) is 4.81. The Bertz CT molecular complexity index is 387. The quantitative estimate of drug-likeness (QED) is 0.840. The van der Waals surface area contributed by atoms with Gasteiger partial charge in [-0.25, -0.2) is 10.4 Å². The zero-order chi connectivity index (χ0) is 11.6. The summed E-state index contributed by atoms with van der Waals surface area (Å²) in [7, 11) is 1.71. The minimum absolute atomic E-state index is 0.0589. The maximum atomic E-state index is 12.2. The molecule has 2 N–H and O–H groups in total. The number of carbonyl (C=O) groups excluding carboxylic acids is 1. The van der Waals surface area contributed by atoms with Crippen LogP contribution in [0.4, 0.5) is 0 Å². The Kier molecular flexibility index (Phi) is 3.61. The lowest BCUT2D eigenvalue weighted by Crippen LogP contribution is -2.46. The van der Waals surface area contributed by atoms with Gasteiger partial charge in [0.15, 0.2) is 3.92 Å². The molecule has 1 aliphatic rings. The topological polar surface area (TPSA) is 54.0 Å². The number of carbonyl (C=O) groups is 1. The second-order valence-corrected chi connectivity index (χ2v) is 6.28. The normalized spacial score (nSPS) is 18.6. The Balaban J connectivity index is 2.32. The van der Waals surface area contributed by atoms with Gasteiger partial charge in [-0.05, 0) is 28.8 Å². The van der Waals surface area contributed by atoms with Crippen LogP contribution in [0.1, 0.15) is 30.6 Å². The van der Waals surface area contributed by atoms with Crippen molar-refractivity contribution in [1.82, 2.24) is 15.8 Å². The molecule has 1 aromatic rings. The van der Waals surface area contributed by atoms with E-state index < -0.39 is 0 Å². The summed E-state index contributed by atoms with van der Waals surface area (Å²) in [6, 6.07) is 0. The van der Waals surface area contributed by atoms with Crippen molar-refractivity contribution in [3.05, 3.63) is 15.0 Å². The van der Waals surface area contributed by atoms with Crippen LogP contribution in [0.2, 0.25) is 0 Å². The van der Waals surface area contributed by atoms with Gasteiger partial charge in [0.05, 0.1) is 5.41 Å². The van der Waals surface area contributed by atoms with E-state index in [1.807, 2.05) is 6.20 Å². The van der Waals surface area contributed by atoms with Crippen molar-refractivity contribution < 1.29 is 4.79 Å². The van der Waals surface area contributed by atoms with Gasteiger partial charge < -0.3 is 0 Å². The number of rotatable bonds is 3. The van der Waals surface area contributed by atoms with Crippen molar-refractivity contribution >= 4 is 33.2 Å². The second-order valence-electron chi connectivity index (χ2n) is 3.97. The fraction of sp³-hybridized carbons (Fsp3) is 0.600. The summed E-state index contributed by atoms with van der Waals surface area (Å²) in [5.41, 5.74) is 5.06. The fourth-order valence-electron chi connectivity index (χ4n) is 2.27. The third-order valence-corrected chi connectivity index (χ3v) is 4.76. The van der Waals surface area contributed by atoms with Crippen LogP contribution in [0.5, 0.6) is 0 Å². The largest absolute Gasteiger partial charge is 0.291 e. The highest BCUT2D eigenvalue weighted by atomic mass is 79.9. The highest BCUT2D eigenvalue weighted by molar-refractivity contribution is 9.11. The molecule has 0 atom stereocenters. The monoisotopic (exact) mass is 303 g/mol. The van der Waals surface area contributed by atoms with Crippen LogP contribution in [0.3, 0.4) is 0 Å². The number of hydrazine groups is 1. The molecule has 0 aromatic carbocycles. The molecule has 1 heterocycles. The number of hydrogen-bond acceptors (Lipinski definition) is 4. The van der Waals surface area contributed by atoms with Crippen molar-refractivity contribution in [1.29, 1.82) is 0 Å². The molecule has 0 saturated heterocycles. The molecule has 4 nitrogen and oxygen atoms in total. The molecular weight excluding hydrogens is 290 g/mol. The summed E-state index contributed by atoms with van der Waals surface area (Å²) >= 11 is 4.91. The van der Waals surface area contributed by atoms with Crippen LogP contribution in [-0.4, -0.2) is 17.9 Å². The third-order valence-electron chi connectivity index (χ3n) is 3.08. The SMILES string of the molecule is CNNC(=O)C1(c2cnc(Br)s2)CCCC1. The van der Waals surface area contributed by atoms with Crippen LogP contribution in [0.25, 0.3) is 0 Å². The Morgan fingerprint density at radius 1 is 1.56 bits per heavy atom. The third kappa shape index (κ3) is 2.01. The lowest BCUT2D eigenvalue weighted by Gasteiger charge is -2.25. The van der Waals surface area contributed by atoms with Gasteiger partial charge >= 0.3 is 0 Å². The van der Waals surface area contributed by atoms with Crippen molar-refractivity contribution in [2.75, 3.05) is 7.05 Å². The Morgan fingerprint density at radius 3 is 2.75 bits per heavy atom. The van der Waals surface area contributed by atoms with Gasteiger partial charge in [-0.15, -0.1) is 11.3 Å². The predicted molar refractivity (Wildman–Crippen MR) is 67.2 cm³/mol. The summed E-state index contributed by atoms with van der Waals surface area (Å²) in [5, 5.41) is 0. The number of nitrogens with zero attached hydrogens (tertiary/aromatic N) is 1. The summed E-state index contributed by atoms with van der Waals surface area (Å²) in [5.74, 6) is 0.0589. The zero-order valence-electron chi connectivity index (χ0n) is 9.05. The van der Waals surface area contributed by atoms with Crippen LogP contribution in [0, 0.1) is 0 Å². The van der Waals surface area contributed by atoms with Crippen LogP contribution in [-0.2, 0) is 10.2 Å². The summed E-state index contributed by atoms with van der Waals surface area (Å²) in [4.78, 5) is 17.4. The van der Waals surface area contributed by atoms with Gasteiger partial charge in [0, 0.05) is 18.1 Å². The fourth-order valence-corrected chi connectivity index (χ4v) is 3.78. The highest BCUT2D eigenvalue weighted by Gasteiger charge is 2.44. The van der Waals surface area contributed by atoms with Crippen LogP contribution < -0.4 is 10.9 Å². The van der Waals surface area contributed by atoms with E-state index in [9.17, 15) is 4.79 Å². The highest BCUT2D eigenvalue weighted by Crippen LogP contribution is 2.44. The summed E-state index contributed by atoms with van der Waals surface area (Å²) < 4.78 is 0.839. The zero-order valence-corrected chi connectivity index (χ0v) is 11.4. The first-order valence-electron chi connectivity index (χ1n) is 5.28. The number of aromatic nitrogens is 1. The molecule has 88 valence electrons. The molecule has 6 heteroatoms. The average molecular weight is 304 g/mol. The van der Waals surface area contributed by atoms with Gasteiger partial charge in [-0.2, -0.15) is 0 Å². The molecule has 0 spiro atoms. The molecule has 0 bridgehead atoms. The van der Waals surface area contributed by atoms with Gasteiger partial charge in [0.25, 0.3) is 0 Å². The Labute approximate surface area is 107 Å². The number of nitrogens with one attached hydrogen (secondary N) is 2. The van der Waals surface area contributed by atoms with E-state index in [0.29, 0.717) is 0 Å². The molecule has 1 amide bonds. The molecule has 0 radical (unpaired) electrons. The molecule has 16 heavy (non-hydrogen) atoms. The minimum atomic E-state index is -0.368. The van der Waals surface area contributed by atoms with E-state index in [2.05, 4.69) is 31.8 Å². The van der Waals surface area contributed by atoms with Gasteiger partial charge in [0.2, 0.25) is 5.91 Å². The first-order valence-corrected chi connectivity index (χ1v) is 6.89. The van der Waals surface area contributed by atoms with Crippen LogP contribution in [0.15, 0.2) is 10.1 Å². The summed E-state index contributed by atoms with van der Waals surface area (Å²) in [6.45, 7) is 0. The maximum absolute atomic E-state index is 12.2. The van der Waals surface area contributed by atoms with Gasteiger partial charge in [0.1, 0.15) is 0 Å². The van der Waals surface area contributed by atoms with Gasteiger partial charge in [-0.1, -0.05) is 12.8 Å².